The summed E-state index contributed by atoms with van der Waals surface area (Å²) in [6.45, 7) is 2.49. The predicted octanol–water partition coefficient (Wildman–Crippen LogP) is 2.35. The van der Waals surface area contributed by atoms with Crippen molar-refractivity contribution in [2.75, 3.05) is 13.2 Å². The van der Waals surface area contributed by atoms with Gasteiger partial charge in [-0.2, -0.15) is 0 Å². The molecular formula is C15H21NO3. The third-order valence-electron chi connectivity index (χ3n) is 3.36. The number of hydrogen-bond acceptors (Lipinski definition) is 4. The standard InChI is InChI=1S/C15H21NO3/c1-2-3-8-18-15(17)10-19-12-5-6-13-11(9-12)4-7-14(13)16/h5-6,9,14H,2-4,7-8,10,16H2,1H3. The van der Waals surface area contributed by atoms with E-state index in [0.29, 0.717) is 12.4 Å². The molecule has 0 aliphatic heterocycles. The van der Waals surface area contributed by atoms with E-state index in [4.69, 9.17) is 15.2 Å². The van der Waals surface area contributed by atoms with Gasteiger partial charge in [-0.15, -0.1) is 0 Å². The van der Waals surface area contributed by atoms with Gasteiger partial charge in [0.15, 0.2) is 6.61 Å². The van der Waals surface area contributed by atoms with Crippen LogP contribution >= 0.6 is 0 Å². The fraction of sp³-hybridized carbons (Fsp3) is 0.533. The number of esters is 1. The van der Waals surface area contributed by atoms with E-state index in [1.54, 1.807) is 0 Å². The summed E-state index contributed by atoms with van der Waals surface area (Å²) in [5, 5.41) is 0. The predicted molar refractivity (Wildman–Crippen MR) is 73.1 cm³/mol. The Balaban J connectivity index is 1.82. The van der Waals surface area contributed by atoms with Gasteiger partial charge in [0.1, 0.15) is 5.75 Å². The Morgan fingerprint density at radius 2 is 2.32 bits per heavy atom. The van der Waals surface area contributed by atoms with Crippen LogP contribution in [0.1, 0.15) is 43.4 Å². The molecule has 0 saturated heterocycles. The quantitative estimate of drug-likeness (QED) is 0.632. The van der Waals surface area contributed by atoms with Crippen molar-refractivity contribution in [1.29, 1.82) is 0 Å². The molecule has 1 unspecified atom stereocenters. The first kappa shape index (κ1) is 13.9. The number of hydrogen-bond donors (Lipinski definition) is 1. The molecule has 1 atom stereocenters. The van der Waals surface area contributed by atoms with E-state index in [-0.39, 0.29) is 18.6 Å². The van der Waals surface area contributed by atoms with Gasteiger partial charge in [0, 0.05) is 6.04 Å². The van der Waals surface area contributed by atoms with Gasteiger partial charge in [-0.1, -0.05) is 19.4 Å². The highest BCUT2D eigenvalue weighted by Crippen LogP contribution is 2.31. The number of nitrogens with two attached hydrogens (primary N) is 1. The SMILES string of the molecule is CCCCOC(=O)COc1ccc2c(c1)CCC2N. The molecule has 0 aromatic heterocycles. The fourth-order valence-corrected chi connectivity index (χ4v) is 2.23. The lowest BCUT2D eigenvalue weighted by Gasteiger charge is -2.09. The summed E-state index contributed by atoms with van der Waals surface area (Å²) < 4.78 is 10.5. The van der Waals surface area contributed by atoms with Crippen LogP contribution in [-0.2, 0) is 16.0 Å². The van der Waals surface area contributed by atoms with Crippen LogP contribution in [0.2, 0.25) is 0 Å². The van der Waals surface area contributed by atoms with E-state index in [0.717, 1.165) is 25.7 Å². The lowest BCUT2D eigenvalue weighted by molar-refractivity contribution is -0.146. The van der Waals surface area contributed by atoms with E-state index in [9.17, 15) is 4.79 Å². The minimum absolute atomic E-state index is 0.0332. The summed E-state index contributed by atoms with van der Waals surface area (Å²) >= 11 is 0. The Hall–Kier alpha value is -1.55. The van der Waals surface area contributed by atoms with E-state index in [2.05, 4.69) is 6.92 Å². The first-order valence-corrected chi connectivity index (χ1v) is 6.87. The van der Waals surface area contributed by atoms with Crippen molar-refractivity contribution < 1.29 is 14.3 Å². The molecule has 1 aliphatic rings. The summed E-state index contributed by atoms with van der Waals surface area (Å²) in [5.74, 6) is 0.394. The van der Waals surface area contributed by atoms with Crippen LogP contribution in [0.25, 0.3) is 0 Å². The van der Waals surface area contributed by atoms with Gasteiger partial charge in [0.25, 0.3) is 0 Å². The Morgan fingerprint density at radius 3 is 3.11 bits per heavy atom. The molecule has 1 aliphatic carbocycles. The third kappa shape index (κ3) is 3.70. The first-order chi connectivity index (χ1) is 9.20. The molecule has 0 radical (unpaired) electrons. The number of ether oxygens (including phenoxy) is 2. The molecule has 2 N–H and O–H groups in total. The second kappa shape index (κ2) is 6.57. The number of fused-ring (bicyclic) bond motifs is 1. The van der Waals surface area contributed by atoms with Crippen LogP contribution in [-0.4, -0.2) is 19.2 Å². The van der Waals surface area contributed by atoms with Gasteiger partial charge in [-0.3, -0.25) is 0 Å². The lowest BCUT2D eigenvalue weighted by atomic mass is 10.1. The van der Waals surface area contributed by atoms with Crippen molar-refractivity contribution in [2.24, 2.45) is 5.73 Å². The Kier molecular flexibility index (Phi) is 4.80. The Labute approximate surface area is 113 Å². The second-order valence-corrected chi connectivity index (χ2v) is 4.87. The van der Waals surface area contributed by atoms with Gasteiger partial charge in [-0.25, -0.2) is 4.79 Å². The zero-order valence-corrected chi connectivity index (χ0v) is 11.4. The maximum absolute atomic E-state index is 11.4. The van der Waals surface area contributed by atoms with Crippen LogP contribution in [0.15, 0.2) is 18.2 Å². The number of carbonyl (C=O) groups is 1. The van der Waals surface area contributed by atoms with Crippen molar-refractivity contribution in [2.45, 2.75) is 38.6 Å². The van der Waals surface area contributed by atoms with Gasteiger partial charge in [0.2, 0.25) is 0 Å². The topological polar surface area (TPSA) is 61.5 Å². The maximum atomic E-state index is 11.4. The van der Waals surface area contributed by atoms with Gasteiger partial charge in [0.05, 0.1) is 6.61 Å². The summed E-state index contributed by atoms with van der Waals surface area (Å²) in [7, 11) is 0. The van der Waals surface area contributed by atoms with Crippen molar-refractivity contribution >= 4 is 5.97 Å². The molecule has 0 spiro atoms. The first-order valence-electron chi connectivity index (χ1n) is 6.87. The molecule has 19 heavy (non-hydrogen) atoms. The molecule has 104 valence electrons. The molecule has 1 aromatic carbocycles. The smallest absolute Gasteiger partial charge is 0.344 e. The number of carbonyl (C=O) groups excluding carboxylic acids is 1. The highest BCUT2D eigenvalue weighted by molar-refractivity contribution is 5.71. The molecule has 0 saturated carbocycles. The Morgan fingerprint density at radius 1 is 1.47 bits per heavy atom. The summed E-state index contributed by atoms with van der Waals surface area (Å²) in [5.41, 5.74) is 8.39. The minimum atomic E-state index is -0.314. The average Bonchev–Trinajstić information content (AvgIpc) is 2.78. The van der Waals surface area contributed by atoms with Crippen LogP contribution in [0, 0.1) is 0 Å². The fourth-order valence-electron chi connectivity index (χ4n) is 2.23. The summed E-state index contributed by atoms with van der Waals surface area (Å²) in [6.07, 6.45) is 3.87. The van der Waals surface area contributed by atoms with Crippen molar-refractivity contribution in [3.63, 3.8) is 0 Å². The minimum Gasteiger partial charge on any atom is -0.482 e. The second-order valence-electron chi connectivity index (χ2n) is 4.87. The molecule has 4 heteroatoms. The highest BCUT2D eigenvalue weighted by Gasteiger charge is 2.19. The van der Waals surface area contributed by atoms with E-state index >= 15 is 0 Å². The molecule has 4 nitrogen and oxygen atoms in total. The van der Waals surface area contributed by atoms with Crippen LogP contribution < -0.4 is 10.5 Å². The van der Waals surface area contributed by atoms with E-state index in [1.807, 2.05) is 18.2 Å². The van der Waals surface area contributed by atoms with Gasteiger partial charge in [-0.05, 0) is 42.5 Å². The summed E-state index contributed by atoms with van der Waals surface area (Å²) in [6, 6.07) is 5.97. The van der Waals surface area contributed by atoms with Crippen molar-refractivity contribution in [1.82, 2.24) is 0 Å². The monoisotopic (exact) mass is 263 g/mol. The average molecular weight is 263 g/mol. The molecular weight excluding hydrogens is 242 g/mol. The number of unbranched alkanes of at least 4 members (excludes halogenated alkanes) is 1. The highest BCUT2D eigenvalue weighted by atomic mass is 16.6. The zero-order valence-electron chi connectivity index (χ0n) is 11.4. The molecule has 0 fully saturated rings. The number of rotatable bonds is 6. The van der Waals surface area contributed by atoms with Gasteiger partial charge >= 0.3 is 5.97 Å². The zero-order chi connectivity index (χ0) is 13.7. The van der Waals surface area contributed by atoms with E-state index < -0.39 is 0 Å². The summed E-state index contributed by atoms with van der Waals surface area (Å²) in [4.78, 5) is 11.4. The molecule has 2 rings (SSSR count). The van der Waals surface area contributed by atoms with Crippen LogP contribution in [0.3, 0.4) is 0 Å². The lowest BCUT2D eigenvalue weighted by Crippen LogP contribution is -2.15. The van der Waals surface area contributed by atoms with Crippen LogP contribution in [0.5, 0.6) is 5.75 Å². The van der Waals surface area contributed by atoms with Crippen molar-refractivity contribution in [3.05, 3.63) is 29.3 Å². The van der Waals surface area contributed by atoms with Crippen LogP contribution in [0.4, 0.5) is 0 Å². The Bertz CT molecular complexity index is 445. The normalized spacial score (nSPS) is 17.1. The maximum Gasteiger partial charge on any atom is 0.344 e. The molecule has 1 aromatic rings. The number of benzene rings is 1. The molecule has 0 bridgehead atoms. The van der Waals surface area contributed by atoms with Gasteiger partial charge < -0.3 is 15.2 Å². The number of aryl methyl sites for hydroxylation is 1. The van der Waals surface area contributed by atoms with Crippen molar-refractivity contribution in [3.8, 4) is 5.75 Å². The molecule has 0 heterocycles. The van der Waals surface area contributed by atoms with E-state index in [1.165, 1.54) is 11.1 Å². The third-order valence-corrected chi connectivity index (χ3v) is 3.36. The largest absolute Gasteiger partial charge is 0.482 e. The molecule has 0 amide bonds.